The summed E-state index contributed by atoms with van der Waals surface area (Å²) >= 11 is 0. The molecule has 0 saturated heterocycles. The number of benzene rings is 2. The van der Waals surface area contributed by atoms with Gasteiger partial charge >= 0.3 is 0 Å². The van der Waals surface area contributed by atoms with Crippen LogP contribution in [0.15, 0.2) is 36.4 Å². The van der Waals surface area contributed by atoms with Crippen LogP contribution in [0.3, 0.4) is 0 Å². The molecule has 0 saturated carbocycles. The molecule has 7 nitrogen and oxygen atoms in total. The summed E-state index contributed by atoms with van der Waals surface area (Å²) < 4.78 is 0. The average Bonchev–Trinajstić information content (AvgIpc) is 2.53. The van der Waals surface area contributed by atoms with Crippen molar-refractivity contribution in [2.24, 2.45) is 0 Å². The summed E-state index contributed by atoms with van der Waals surface area (Å²) in [6, 6.07) is 10.5. The van der Waals surface area contributed by atoms with Crippen LogP contribution in [-0.2, 0) is 0 Å². The van der Waals surface area contributed by atoms with Crippen LogP contribution in [0.5, 0.6) is 0 Å². The van der Waals surface area contributed by atoms with Gasteiger partial charge in [0.1, 0.15) is 5.69 Å². The van der Waals surface area contributed by atoms with Crippen LogP contribution in [0, 0.1) is 15.5 Å². The Hall–Kier alpha value is -3.09. The zero-order chi connectivity index (χ0) is 17.1. The van der Waals surface area contributed by atoms with Crippen molar-refractivity contribution in [1.82, 2.24) is 0 Å². The Balaban J connectivity index is 2.77. The van der Waals surface area contributed by atoms with Crippen molar-refractivity contribution < 1.29 is 4.92 Å². The van der Waals surface area contributed by atoms with E-state index in [1.807, 2.05) is 32.3 Å². The third-order valence-electron chi connectivity index (χ3n) is 3.54. The molecule has 0 aromatic heterocycles. The van der Waals surface area contributed by atoms with Gasteiger partial charge in [-0.05, 0) is 0 Å². The van der Waals surface area contributed by atoms with E-state index in [-0.39, 0.29) is 17.1 Å². The zero-order valence-electron chi connectivity index (χ0n) is 13.3. The molecule has 0 unspecified atom stereocenters. The van der Waals surface area contributed by atoms with Gasteiger partial charge in [-0.2, -0.15) is 0 Å². The minimum Gasteiger partial charge on any atom is -0.391 e. The number of nitrogen functional groups attached to an aromatic ring is 1. The van der Waals surface area contributed by atoms with Crippen molar-refractivity contribution in [3.8, 4) is 0 Å². The fourth-order valence-electron chi connectivity index (χ4n) is 2.49. The van der Waals surface area contributed by atoms with Crippen molar-refractivity contribution in [2.75, 3.05) is 37.1 Å². The van der Waals surface area contributed by atoms with Gasteiger partial charge < -0.3 is 16.0 Å². The summed E-state index contributed by atoms with van der Waals surface area (Å²) in [5.74, 6) is 0. The molecule has 7 heteroatoms. The molecule has 0 aliphatic rings. The molecule has 2 rings (SSSR count). The third kappa shape index (κ3) is 2.94. The molecule has 0 atom stereocenters. The van der Waals surface area contributed by atoms with Crippen LogP contribution >= 0.6 is 0 Å². The first-order chi connectivity index (χ1) is 10.9. The van der Waals surface area contributed by atoms with Gasteiger partial charge in [0.2, 0.25) is 0 Å². The van der Waals surface area contributed by atoms with Crippen LogP contribution < -0.4 is 16.0 Å². The van der Waals surface area contributed by atoms with Crippen molar-refractivity contribution in [3.05, 3.63) is 57.6 Å². The lowest BCUT2D eigenvalue weighted by atomic mass is 9.97. The maximum absolute atomic E-state index is 11.3. The molecular formula is C16H19N5O2. The highest BCUT2D eigenvalue weighted by Crippen LogP contribution is 2.41. The van der Waals surface area contributed by atoms with E-state index in [4.69, 9.17) is 11.1 Å². The summed E-state index contributed by atoms with van der Waals surface area (Å²) in [6.45, 7) is 0. The van der Waals surface area contributed by atoms with E-state index < -0.39 is 4.92 Å². The molecule has 0 aliphatic carbocycles. The summed E-state index contributed by atoms with van der Waals surface area (Å²) in [5.41, 5.74) is 8.21. The number of nitrogens with one attached hydrogen (secondary N) is 2. The van der Waals surface area contributed by atoms with Crippen LogP contribution in [0.25, 0.3) is 0 Å². The first-order valence-electron chi connectivity index (χ1n) is 6.98. The highest BCUT2D eigenvalue weighted by Gasteiger charge is 2.25. The lowest BCUT2D eigenvalue weighted by Gasteiger charge is -2.23. The van der Waals surface area contributed by atoms with Crippen LogP contribution in [0.4, 0.5) is 22.7 Å². The quantitative estimate of drug-likeness (QED) is 0.340. The van der Waals surface area contributed by atoms with E-state index in [1.54, 1.807) is 24.1 Å². The van der Waals surface area contributed by atoms with E-state index in [0.717, 1.165) is 0 Å². The molecular weight excluding hydrogens is 294 g/mol. The number of nitro groups is 1. The summed E-state index contributed by atoms with van der Waals surface area (Å²) in [6.07, 6.45) is 0. The fraction of sp³-hybridized carbons (Fsp3) is 0.188. The van der Waals surface area contributed by atoms with Crippen molar-refractivity contribution in [3.63, 3.8) is 0 Å². The first-order valence-corrected chi connectivity index (χ1v) is 6.98. The summed E-state index contributed by atoms with van der Waals surface area (Å²) in [5, 5.41) is 22.7. The van der Waals surface area contributed by atoms with Gasteiger partial charge in [-0.1, -0.05) is 30.3 Å². The lowest BCUT2D eigenvalue weighted by Crippen LogP contribution is -2.18. The van der Waals surface area contributed by atoms with E-state index in [2.05, 4.69) is 5.32 Å². The predicted molar refractivity (Wildman–Crippen MR) is 93.8 cm³/mol. The molecule has 0 spiro atoms. The first kappa shape index (κ1) is 16.3. The van der Waals surface area contributed by atoms with Crippen molar-refractivity contribution in [2.45, 2.75) is 0 Å². The number of nitrogens with two attached hydrogens (primary N) is 1. The van der Waals surface area contributed by atoms with Crippen molar-refractivity contribution >= 4 is 28.5 Å². The minimum absolute atomic E-state index is 0.0609. The van der Waals surface area contributed by atoms with E-state index in [9.17, 15) is 10.1 Å². The Morgan fingerprint density at radius 1 is 1.30 bits per heavy atom. The molecule has 0 bridgehead atoms. The van der Waals surface area contributed by atoms with E-state index >= 15 is 0 Å². The molecule has 120 valence electrons. The lowest BCUT2D eigenvalue weighted by molar-refractivity contribution is -0.383. The smallest absolute Gasteiger partial charge is 0.295 e. The van der Waals surface area contributed by atoms with Gasteiger partial charge in [-0.25, -0.2) is 0 Å². The maximum atomic E-state index is 11.3. The maximum Gasteiger partial charge on any atom is 0.295 e. The molecule has 0 heterocycles. The molecule has 0 aliphatic heterocycles. The Kier molecular flexibility index (Phi) is 4.49. The molecule has 4 N–H and O–H groups in total. The fourth-order valence-corrected chi connectivity index (χ4v) is 2.49. The van der Waals surface area contributed by atoms with Gasteiger partial charge in [0.25, 0.3) is 5.69 Å². The highest BCUT2D eigenvalue weighted by molar-refractivity contribution is 6.17. The molecule has 2 aromatic carbocycles. The SMILES string of the molecule is CNc1c(N)c([N+](=O)[O-])cc(C(=N)c2ccccc2)c1N(C)C. The monoisotopic (exact) mass is 313 g/mol. The number of nitrogens with zero attached hydrogens (tertiary/aromatic N) is 2. The third-order valence-corrected chi connectivity index (χ3v) is 3.54. The van der Waals surface area contributed by atoms with Crippen molar-refractivity contribution in [1.29, 1.82) is 5.41 Å². The number of rotatable bonds is 5. The standard InChI is InChI=1S/C16H19N5O2/c1-19-15-14(18)12(21(22)23)9-11(16(15)20(2)3)13(17)10-7-5-4-6-8-10/h4-9,17,19H,18H2,1-3H3. The number of hydrogen-bond donors (Lipinski definition) is 3. The Bertz CT molecular complexity index is 757. The molecule has 0 fully saturated rings. The topological polar surface area (TPSA) is 108 Å². The Labute approximate surface area is 134 Å². The number of anilines is 3. The van der Waals surface area contributed by atoms with Crippen LogP contribution in [0.2, 0.25) is 0 Å². The molecule has 23 heavy (non-hydrogen) atoms. The van der Waals surface area contributed by atoms with Gasteiger partial charge in [0.05, 0.1) is 22.0 Å². The second kappa shape index (κ2) is 6.35. The number of hydrogen-bond acceptors (Lipinski definition) is 6. The normalized spacial score (nSPS) is 10.2. The van der Waals surface area contributed by atoms with E-state index in [0.29, 0.717) is 22.5 Å². The van der Waals surface area contributed by atoms with Crippen LogP contribution in [0.1, 0.15) is 11.1 Å². The molecule has 0 amide bonds. The van der Waals surface area contributed by atoms with Gasteiger partial charge in [0.15, 0.2) is 0 Å². The highest BCUT2D eigenvalue weighted by atomic mass is 16.6. The number of nitro benzene ring substituents is 1. The largest absolute Gasteiger partial charge is 0.391 e. The summed E-state index contributed by atoms with van der Waals surface area (Å²) in [4.78, 5) is 12.6. The Morgan fingerprint density at radius 3 is 2.39 bits per heavy atom. The predicted octanol–water partition coefficient (Wildman–Crippen LogP) is 2.70. The Morgan fingerprint density at radius 2 is 1.91 bits per heavy atom. The van der Waals surface area contributed by atoms with E-state index in [1.165, 1.54) is 6.07 Å². The van der Waals surface area contributed by atoms with Gasteiger partial charge in [-0.15, -0.1) is 0 Å². The molecule has 2 aromatic rings. The van der Waals surface area contributed by atoms with Crippen LogP contribution in [-0.4, -0.2) is 31.8 Å². The minimum atomic E-state index is -0.530. The second-order valence-corrected chi connectivity index (χ2v) is 5.22. The van der Waals surface area contributed by atoms with Gasteiger partial charge in [-0.3, -0.25) is 15.5 Å². The molecule has 0 radical (unpaired) electrons. The average molecular weight is 313 g/mol. The van der Waals surface area contributed by atoms with Gasteiger partial charge in [0, 0.05) is 38.3 Å². The zero-order valence-corrected chi connectivity index (χ0v) is 13.3. The second-order valence-electron chi connectivity index (χ2n) is 5.22. The summed E-state index contributed by atoms with van der Waals surface area (Å²) in [7, 11) is 5.27.